The second-order valence-corrected chi connectivity index (χ2v) is 6.32. The van der Waals surface area contributed by atoms with Crippen LogP contribution in [-0.2, 0) is 11.3 Å². The van der Waals surface area contributed by atoms with Gasteiger partial charge in [0.15, 0.2) is 0 Å². The number of aromatic nitrogens is 2. The van der Waals surface area contributed by atoms with Crippen LogP contribution in [0, 0.1) is 12.3 Å². The lowest BCUT2D eigenvalue weighted by Crippen LogP contribution is -2.24. The van der Waals surface area contributed by atoms with Crippen molar-refractivity contribution >= 4 is 5.95 Å². The van der Waals surface area contributed by atoms with E-state index < -0.39 is 0 Å². The molecule has 1 aromatic heterocycles. The van der Waals surface area contributed by atoms with E-state index >= 15 is 0 Å². The summed E-state index contributed by atoms with van der Waals surface area (Å²) in [5, 5.41) is 3.57. The van der Waals surface area contributed by atoms with Gasteiger partial charge >= 0.3 is 0 Å². The minimum absolute atomic E-state index is 0.454. The van der Waals surface area contributed by atoms with Crippen molar-refractivity contribution < 1.29 is 4.74 Å². The van der Waals surface area contributed by atoms with E-state index in [9.17, 15) is 0 Å². The zero-order valence-electron chi connectivity index (χ0n) is 13.2. The number of hydrogen-bond acceptors (Lipinski definition) is 3. The Bertz CT molecular complexity index is 408. The Morgan fingerprint density at radius 2 is 2.15 bits per heavy atom. The summed E-state index contributed by atoms with van der Waals surface area (Å²) in [5.74, 6) is 1.02. The van der Waals surface area contributed by atoms with E-state index in [-0.39, 0.29) is 0 Å². The maximum absolute atomic E-state index is 5.41. The first-order valence-electron chi connectivity index (χ1n) is 7.98. The molecule has 0 aromatic carbocycles. The van der Waals surface area contributed by atoms with Gasteiger partial charge in [-0.05, 0) is 38.5 Å². The van der Waals surface area contributed by atoms with Crippen LogP contribution in [0.5, 0.6) is 0 Å². The molecule has 1 N–H and O–H groups in total. The first-order valence-corrected chi connectivity index (χ1v) is 7.98. The van der Waals surface area contributed by atoms with Crippen LogP contribution >= 0.6 is 0 Å². The van der Waals surface area contributed by atoms with Gasteiger partial charge in [-0.1, -0.05) is 19.8 Å². The second-order valence-electron chi connectivity index (χ2n) is 6.32. The maximum Gasteiger partial charge on any atom is 0.203 e. The van der Waals surface area contributed by atoms with Gasteiger partial charge in [0, 0.05) is 32.5 Å². The predicted molar refractivity (Wildman–Crippen MR) is 83.1 cm³/mol. The van der Waals surface area contributed by atoms with Crippen LogP contribution in [0.1, 0.15) is 51.6 Å². The van der Waals surface area contributed by atoms with Crippen LogP contribution in [0.4, 0.5) is 5.95 Å². The molecule has 114 valence electrons. The Labute approximate surface area is 122 Å². The highest BCUT2D eigenvalue weighted by Crippen LogP contribution is 2.37. The molecular weight excluding hydrogens is 250 g/mol. The number of imidazole rings is 1. The number of ether oxygens (including phenoxy) is 1. The molecular formula is C16H29N3O. The van der Waals surface area contributed by atoms with Gasteiger partial charge in [-0.25, -0.2) is 4.98 Å². The van der Waals surface area contributed by atoms with E-state index in [1.54, 1.807) is 0 Å². The van der Waals surface area contributed by atoms with Crippen molar-refractivity contribution in [2.24, 2.45) is 5.41 Å². The van der Waals surface area contributed by atoms with Crippen molar-refractivity contribution in [2.75, 3.05) is 25.1 Å². The zero-order chi connectivity index (χ0) is 14.4. The smallest absolute Gasteiger partial charge is 0.203 e. The zero-order valence-corrected chi connectivity index (χ0v) is 13.2. The molecule has 4 heteroatoms. The third kappa shape index (κ3) is 4.23. The van der Waals surface area contributed by atoms with Crippen molar-refractivity contribution in [3.8, 4) is 0 Å². The highest BCUT2D eigenvalue weighted by atomic mass is 16.5. The molecule has 1 fully saturated rings. The quantitative estimate of drug-likeness (QED) is 0.739. The molecule has 1 heterocycles. The van der Waals surface area contributed by atoms with E-state index in [0.717, 1.165) is 44.4 Å². The van der Waals surface area contributed by atoms with Crippen LogP contribution in [-0.4, -0.2) is 29.3 Å². The van der Waals surface area contributed by atoms with Gasteiger partial charge in [-0.3, -0.25) is 0 Å². The topological polar surface area (TPSA) is 39.1 Å². The summed E-state index contributed by atoms with van der Waals surface area (Å²) in [7, 11) is 0. The van der Waals surface area contributed by atoms with Gasteiger partial charge in [0.05, 0.1) is 5.69 Å². The number of aryl methyl sites for hydroxylation is 2. The fraction of sp³-hybridized carbons (Fsp3) is 0.812. The average Bonchev–Trinajstić information content (AvgIpc) is 2.99. The molecule has 0 radical (unpaired) electrons. The predicted octanol–water partition coefficient (Wildman–Crippen LogP) is 3.61. The Morgan fingerprint density at radius 3 is 2.85 bits per heavy atom. The standard InChI is InChI=1S/C16H29N3O/c1-4-20-11-7-10-19-12-14(2)18-15(19)17-13-16(3)8-5-6-9-16/h12H,4-11,13H2,1-3H3,(H,17,18). The summed E-state index contributed by atoms with van der Waals surface area (Å²) in [5.41, 5.74) is 1.54. The normalized spacial score (nSPS) is 17.6. The highest BCUT2D eigenvalue weighted by Gasteiger charge is 2.28. The molecule has 4 nitrogen and oxygen atoms in total. The summed E-state index contributed by atoms with van der Waals surface area (Å²) in [4.78, 5) is 4.61. The van der Waals surface area contributed by atoms with Gasteiger partial charge in [0.25, 0.3) is 0 Å². The Balaban J connectivity index is 1.86. The summed E-state index contributed by atoms with van der Waals surface area (Å²) in [6.45, 7) is 10.1. The first-order chi connectivity index (χ1) is 9.63. The summed E-state index contributed by atoms with van der Waals surface area (Å²) >= 11 is 0. The van der Waals surface area contributed by atoms with Crippen LogP contribution < -0.4 is 5.32 Å². The number of nitrogens with zero attached hydrogens (tertiary/aromatic N) is 2. The van der Waals surface area contributed by atoms with Crippen molar-refractivity contribution in [1.82, 2.24) is 9.55 Å². The number of hydrogen-bond donors (Lipinski definition) is 1. The molecule has 1 aliphatic carbocycles. The van der Waals surface area contributed by atoms with Crippen molar-refractivity contribution in [3.63, 3.8) is 0 Å². The Hall–Kier alpha value is -1.03. The fourth-order valence-corrected chi connectivity index (χ4v) is 3.04. The molecule has 1 aromatic rings. The number of anilines is 1. The molecule has 20 heavy (non-hydrogen) atoms. The SMILES string of the molecule is CCOCCCn1cc(C)nc1NCC1(C)CCCC1. The third-order valence-corrected chi connectivity index (χ3v) is 4.27. The van der Waals surface area contributed by atoms with Gasteiger partial charge in [-0.15, -0.1) is 0 Å². The molecule has 0 saturated heterocycles. The maximum atomic E-state index is 5.41. The van der Waals surface area contributed by atoms with Crippen molar-refractivity contribution in [3.05, 3.63) is 11.9 Å². The summed E-state index contributed by atoms with van der Waals surface area (Å²) < 4.78 is 7.63. The summed E-state index contributed by atoms with van der Waals surface area (Å²) in [6, 6.07) is 0. The third-order valence-electron chi connectivity index (χ3n) is 4.27. The number of nitrogens with one attached hydrogen (secondary N) is 1. The second kappa shape index (κ2) is 7.11. The molecule has 0 amide bonds. The largest absolute Gasteiger partial charge is 0.382 e. The van der Waals surface area contributed by atoms with E-state index in [0.29, 0.717) is 5.41 Å². The molecule has 0 bridgehead atoms. The molecule has 0 unspecified atom stereocenters. The Kier molecular flexibility index (Phi) is 5.46. The lowest BCUT2D eigenvalue weighted by Gasteiger charge is -2.24. The van der Waals surface area contributed by atoms with Crippen LogP contribution in [0.15, 0.2) is 6.20 Å². The van der Waals surface area contributed by atoms with Gasteiger partial charge in [0.2, 0.25) is 5.95 Å². The van der Waals surface area contributed by atoms with E-state index in [1.807, 2.05) is 6.92 Å². The van der Waals surface area contributed by atoms with Crippen molar-refractivity contribution in [2.45, 2.75) is 59.4 Å². The molecule has 1 aliphatic rings. The highest BCUT2D eigenvalue weighted by molar-refractivity contribution is 5.29. The molecule has 0 atom stereocenters. The monoisotopic (exact) mass is 279 g/mol. The van der Waals surface area contributed by atoms with Crippen LogP contribution in [0.25, 0.3) is 0 Å². The molecule has 1 saturated carbocycles. The van der Waals surface area contributed by atoms with Gasteiger partial charge < -0.3 is 14.6 Å². The lowest BCUT2D eigenvalue weighted by molar-refractivity contribution is 0.142. The van der Waals surface area contributed by atoms with Crippen molar-refractivity contribution in [1.29, 1.82) is 0 Å². The van der Waals surface area contributed by atoms with E-state index in [1.165, 1.54) is 25.7 Å². The number of rotatable bonds is 8. The molecule has 0 aliphatic heterocycles. The average molecular weight is 279 g/mol. The fourth-order valence-electron chi connectivity index (χ4n) is 3.04. The van der Waals surface area contributed by atoms with Gasteiger partial charge in [-0.2, -0.15) is 0 Å². The van der Waals surface area contributed by atoms with Crippen LogP contribution in [0.2, 0.25) is 0 Å². The van der Waals surface area contributed by atoms with E-state index in [2.05, 4.69) is 34.9 Å². The minimum Gasteiger partial charge on any atom is -0.382 e. The lowest BCUT2D eigenvalue weighted by atomic mass is 9.89. The molecule has 2 rings (SSSR count). The van der Waals surface area contributed by atoms with Gasteiger partial charge in [0.1, 0.15) is 0 Å². The van der Waals surface area contributed by atoms with E-state index in [4.69, 9.17) is 4.74 Å². The molecule has 0 spiro atoms. The van der Waals surface area contributed by atoms with Crippen LogP contribution in [0.3, 0.4) is 0 Å². The Morgan fingerprint density at radius 1 is 1.40 bits per heavy atom. The minimum atomic E-state index is 0.454. The first kappa shape index (κ1) is 15.4. The summed E-state index contributed by atoms with van der Waals surface area (Å²) in [6.07, 6.45) is 8.59.